The molecule has 0 aromatic heterocycles. The van der Waals surface area contributed by atoms with E-state index in [1.165, 1.54) is 0 Å². The number of halogens is 2. The molecular formula is C18H18Cl2N2O3. The van der Waals surface area contributed by atoms with E-state index in [4.69, 9.17) is 27.9 Å². The molecule has 0 bridgehead atoms. The maximum atomic E-state index is 11.9. The highest BCUT2D eigenvalue weighted by atomic mass is 35.5. The van der Waals surface area contributed by atoms with Gasteiger partial charge in [-0.15, -0.1) is 0 Å². The maximum Gasteiger partial charge on any atom is 0.338 e. The Morgan fingerprint density at radius 3 is 2.24 bits per heavy atom. The molecule has 2 aromatic rings. The van der Waals surface area contributed by atoms with Crippen molar-refractivity contribution in [2.45, 2.75) is 13.3 Å². The Kier molecular flexibility index (Phi) is 7.10. The van der Waals surface area contributed by atoms with Crippen LogP contribution in [0.15, 0.2) is 42.5 Å². The summed E-state index contributed by atoms with van der Waals surface area (Å²) in [5.41, 5.74) is 1.86. The number of amides is 1. The van der Waals surface area contributed by atoms with Crippen molar-refractivity contribution < 1.29 is 14.3 Å². The number of nitrogens with one attached hydrogen (secondary N) is 2. The van der Waals surface area contributed by atoms with Gasteiger partial charge in [-0.05, 0) is 49.4 Å². The van der Waals surface area contributed by atoms with Gasteiger partial charge in [0.2, 0.25) is 5.91 Å². The highest BCUT2D eigenvalue weighted by molar-refractivity contribution is 6.35. The van der Waals surface area contributed by atoms with Gasteiger partial charge in [0.15, 0.2) is 0 Å². The zero-order valence-electron chi connectivity index (χ0n) is 13.6. The minimum atomic E-state index is -0.353. The second-order valence-electron chi connectivity index (χ2n) is 5.18. The van der Waals surface area contributed by atoms with Crippen molar-refractivity contribution in [3.63, 3.8) is 0 Å². The van der Waals surface area contributed by atoms with Gasteiger partial charge in [0.05, 0.1) is 12.2 Å². The van der Waals surface area contributed by atoms with E-state index < -0.39 is 0 Å². The zero-order valence-corrected chi connectivity index (χ0v) is 15.2. The smallest absolute Gasteiger partial charge is 0.338 e. The summed E-state index contributed by atoms with van der Waals surface area (Å²) in [6, 6.07) is 11.7. The minimum absolute atomic E-state index is 0.158. The van der Waals surface area contributed by atoms with Crippen molar-refractivity contribution >= 4 is 46.5 Å². The Morgan fingerprint density at radius 2 is 1.64 bits per heavy atom. The molecule has 0 aliphatic carbocycles. The molecule has 0 unspecified atom stereocenters. The van der Waals surface area contributed by atoms with Crippen molar-refractivity contribution in [3.05, 3.63) is 58.1 Å². The quantitative estimate of drug-likeness (QED) is 0.688. The monoisotopic (exact) mass is 380 g/mol. The third-order valence-electron chi connectivity index (χ3n) is 3.22. The van der Waals surface area contributed by atoms with Crippen LogP contribution in [0.5, 0.6) is 0 Å². The molecule has 0 aliphatic heterocycles. The molecule has 0 radical (unpaired) electrons. The molecule has 2 aromatic carbocycles. The standard InChI is InChI=1S/C18H18Cl2N2O3/c1-2-25-18(24)12-3-5-15(6-4-12)21-8-7-17(23)22-16-10-13(19)9-14(20)11-16/h3-6,9-11,21H,2,7-8H2,1H3,(H,22,23). The van der Waals surface area contributed by atoms with Gasteiger partial charge in [0, 0.05) is 34.4 Å². The Hall–Kier alpha value is -2.24. The number of anilines is 2. The van der Waals surface area contributed by atoms with Crippen LogP contribution in [-0.4, -0.2) is 25.0 Å². The predicted octanol–water partition coefficient (Wildman–Crippen LogP) is 4.61. The van der Waals surface area contributed by atoms with E-state index in [1.807, 2.05) is 0 Å². The first kappa shape index (κ1) is 19.1. The van der Waals surface area contributed by atoms with Crippen molar-refractivity contribution in [2.75, 3.05) is 23.8 Å². The van der Waals surface area contributed by atoms with Crippen LogP contribution < -0.4 is 10.6 Å². The molecule has 0 fully saturated rings. The van der Waals surface area contributed by atoms with E-state index >= 15 is 0 Å². The number of benzene rings is 2. The number of carbonyl (C=O) groups is 2. The summed E-state index contributed by atoms with van der Waals surface area (Å²) in [5, 5.41) is 6.78. The second kappa shape index (κ2) is 9.30. The van der Waals surface area contributed by atoms with Gasteiger partial charge in [-0.3, -0.25) is 4.79 Å². The fourth-order valence-electron chi connectivity index (χ4n) is 2.11. The molecule has 0 atom stereocenters. The van der Waals surface area contributed by atoms with Gasteiger partial charge in [-0.1, -0.05) is 23.2 Å². The summed E-state index contributed by atoms with van der Waals surface area (Å²) in [7, 11) is 0. The average Bonchev–Trinajstić information content (AvgIpc) is 2.54. The average molecular weight is 381 g/mol. The summed E-state index contributed by atoms with van der Waals surface area (Å²) in [6.07, 6.45) is 0.268. The first-order valence-corrected chi connectivity index (χ1v) is 8.50. The molecule has 0 spiro atoms. The first-order valence-electron chi connectivity index (χ1n) is 7.75. The number of hydrogen-bond donors (Lipinski definition) is 2. The Morgan fingerprint density at radius 1 is 1.00 bits per heavy atom. The summed E-state index contributed by atoms with van der Waals surface area (Å²) in [6.45, 7) is 2.54. The van der Waals surface area contributed by atoms with E-state index in [-0.39, 0.29) is 18.3 Å². The van der Waals surface area contributed by atoms with E-state index in [9.17, 15) is 9.59 Å². The van der Waals surface area contributed by atoms with Gasteiger partial charge < -0.3 is 15.4 Å². The van der Waals surface area contributed by atoms with Crippen molar-refractivity contribution in [1.29, 1.82) is 0 Å². The van der Waals surface area contributed by atoms with Crippen LogP contribution in [0.25, 0.3) is 0 Å². The van der Waals surface area contributed by atoms with Crippen LogP contribution >= 0.6 is 23.2 Å². The van der Waals surface area contributed by atoms with Crippen LogP contribution in [0.1, 0.15) is 23.7 Å². The normalized spacial score (nSPS) is 10.2. The van der Waals surface area contributed by atoms with E-state index in [2.05, 4.69) is 10.6 Å². The first-order chi connectivity index (χ1) is 12.0. The zero-order chi connectivity index (χ0) is 18.2. The van der Waals surface area contributed by atoms with Crippen LogP contribution in [0.2, 0.25) is 10.0 Å². The largest absolute Gasteiger partial charge is 0.462 e. The molecule has 25 heavy (non-hydrogen) atoms. The Balaban J connectivity index is 1.80. The number of rotatable bonds is 7. The molecule has 5 nitrogen and oxygen atoms in total. The van der Waals surface area contributed by atoms with Crippen molar-refractivity contribution in [2.24, 2.45) is 0 Å². The molecule has 2 rings (SSSR count). The molecule has 0 aliphatic rings. The minimum Gasteiger partial charge on any atom is -0.462 e. The third-order valence-corrected chi connectivity index (χ3v) is 3.66. The fraction of sp³-hybridized carbons (Fsp3) is 0.222. The fourth-order valence-corrected chi connectivity index (χ4v) is 2.63. The molecule has 7 heteroatoms. The lowest BCUT2D eigenvalue weighted by molar-refractivity contribution is -0.115. The third kappa shape index (κ3) is 6.29. The van der Waals surface area contributed by atoms with Crippen LogP contribution in [0.4, 0.5) is 11.4 Å². The van der Waals surface area contributed by atoms with Crippen LogP contribution in [0, 0.1) is 0 Å². The number of esters is 1. The summed E-state index contributed by atoms with van der Waals surface area (Å²) in [4.78, 5) is 23.5. The van der Waals surface area contributed by atoms with Crippen LogP contribution in [0.3, 0.4) is 0 Å². The summed E-state index contributed by atoms with van der Waals surface area (Å²) in [5.74, 6) is -0.511. The lowest BCUT2D eigenvalue weighted by Crippen LogP contribution is -2.16. The molecule has 1 amide bonds. The van der Waals surface area contributed by atoms with Gasteiger partial charge in [-0.2, -0.15) is 0 Å². The molecule has 0 heterocycles. The van der Waals surface area contributed by atoms with Crippen molar-refractivity contribution in [1.82, 2.24) is 0 Å². The van der Waals surface area contributed by atoms with Gasteiger partial charge in [0.25, 0.3) is 0 Å². The molecule has 2 N–H and O–H groups in total. The summed E-state index contributed by atoms with van der Waals surface area (Å²) < 4.78 is 4.92. The number of carbonyl (C=O) groups excluding carboxylic acids is 2. The lowest BCUT2D eigenvalue weighted by atomic mass is 10.2. The van der Waals surface area contributed by atoms with Crippen molar-refractivity contribution in [3.8, 4) is 0 Å². The lowest BCUT2D eigenvalue weighted by Gasteiger charge is -2.09. The Labute approximate surface area is 156 Å². The number of ether oxygens (including phenoxy) is 1. The van der Waals surface area contributed by atoms with E-state index in [1.54, 1.807) is 49.4 Å². The highest BCUT2D eigenvalue weighted by Crippen LogP contribution is 2.22. The molecule has 132 valence electrons. The SMILES string of the molecule is CCOC(=O)c1ccc(NCCC(=O)Nc2cc(Cl)cc(Cl)c2)cc1. The summed E-state index contributed by atoms with van der Waals surface area (Å²) >= 11 is 11.8. The van der Waals surface area contributed by atoms with E-state index in [0.29, 0.717) is 34.4 Å². The highest BCUT2D eigenvalue weighted by Gasteiger charge is 2.07. The van der Waals surface area contributed by atoms with Gasteiger partial charge in [0.1, 0.15) is 0 Å². The Bertz CT molecular complexity index is 728. The maximum absolute atomic E-state index is 11.9. The second-order valence-corrected chi connectivity index (χ2v) is 6.05. The number of hydrogen-bond acceptors (Lipinski definition) is 4. The van der Waals surface area contributed by atoms with Gasteiger partial charge >= 0.3 is 5.97 Å². The molecule has 0 saturated heterocycles. The predicted molar refractivity (Wildman–Crippen MR) is 101 cm³/mol. The van der Waals surface area contributed by atoms with Crippen LogP contribution in [-0.2, 0) is 9.53 Å². The topological polar surface area (TPSA) is 67.4 Å². The molecule has 0 saturated carbocycles. The van der Waals surface area contributed by atoms with Gasteiger partial charge in [-0.25, -0.2) is 4.79 Å². The van der Waals surface area contributed by atoms with E-state index in [0.717, 1.165) is 5.69 Å². The molecular weight excluding hydrogens is 363 g/mol.